The van der Waals surface area contributed by atoms with E-state index in [1.807, 2.05) is 30.3 Å². The largest absolute Gasteiger partial charge is 0.467 e. The Bertz CT molecular complexity index is 1270. The molecule has 186 valence electrons. The number of carbonyl (C=O) groups is 2. The predicted molar refractivity (Wildman–Crippen MR) is 127 cm³/mol. The zero-order valence-electron chi connectivity index (χ0n) is 19.3. The lowest BCUT2D eigenvalue weighted by atomic mass is 10.1. The average Bonchev–Trinajstić information content (AvgIpc) is 3.31. The van der Waals surface area contributed by atoms with Gasteiger partial charge in [0, 0.05) is 30.6 Å². The van der Waals surface area contributed by atoms with Crippen molar-refractivity contribution in [2.24, 2.45) is 0 Å². The maximum atomic E-state index is 14.6. The molecule has 1 fully saturated rings. The van der Waals surface area contributed by atoms with Gasteiger partial charge in [-0.05, 0) is 23.8 Å². The number of ether oxygens (including phenoxy) is 2. The molecule has 10 nitrogen and oxygen atoms in total. The Balaban J connectivity index is 1.49. The number of likely N-dealkylation sites (tertiary alicyclic amines) is 1. The van der Waals surface area contributed by atoms with E-state index in [2.05, 4.69) is 10.3 Å². The first kappa shape index (κ1) is 24.6. The predicted octanol–water partition coefficient (Wildman–Crippen LogP) is 4.16. The molecule has 1 aromatic heterocycles. The van der Waals surface area contributed by atoms with Crippen LogP contribution >= 0.6 is 0 Å². The van der Waals surface area contributed by atoms with Gasteiger partial charge in [0.2, 0.25) is 5.82 Å². The van der Waals surface area contributed by atoms with Gasteiger partial charge in [-0.3, -0.25) is 15.0 Å². The molecule has 4 rings (SSSR count). The van der Waals surface area contributed by atoms with Crippen LogP contribution < -0.4 is 5.32 Å². The van der Waals surface area contributed by atoms with Crippen LogP contribution in [0.1, 0.15) is 12.0 Å². The Labute approximate surface area is 205 Å². The van der Waals surface area contributed by atoms with Crippen molar-refractivity contribution in [1.82, 2.24) is 9.88 Å². The minimum absolute atomic E-state index is 0.0159. The molecular weight excluding hydrogens is 471 g/mol. The highest BCUT2D eigenvalue weighted by molar-refractivity contribution is 5.82. The molecule has 3 aromatic rings. The quantitative estimate of drug-likeness (QED) is 0.295. The number of methoxy groups -OCH3 is 1. The number of hydrogen-bond donors (Lipinski definition) is 1. The molecule has 0 saturated carbocycles. The van der Waals surface area contributed by atoms with Crippen LogP contribution in [0, 0.1) is 15.9 Å². The number of pyridine rings is 1. The molecule has 1 aliphatic rings. The molecule has 2 atom stereocenters. The molecule has 2 heterocycles. The van der Waals surface area contributed by atoms with Crippen LogP contribution in [0.4, 0.5) is 20.7 Å². The number of aromatic nitrogens is 1. The Hall–Kier alpha value is -4.54. The van der Waals surface area contributed by atoms with Gasteiger partial charge < -0.3 is 14.8 Å². The molecule has 0 unspecified atom stereocenters. The van der Waals surface area contributed by atoms with E-state index in [-0.39, 0.29) is 36.9 Å². The summed E-state index contributed by atoms with van der Waals surface area (Å²) < 4.78 is 24.9. The van der Waals surface area contributed by atoms with Crippen molar-refractivity contribution < 1.29 is 28.4 Å². The second kappa shape index (κ2) is 10.8. The Morgan fingerprint density at radius 1 is 1.14 bits per heavy atom. The average molecular weight is 494 g/mol. The molecule has 1 aliphatic heterocycles. The second-order valence-electron chi connectivity index (χ2n) is 8.11. The zero-order valence-corrected chi connectivity index (χ0v) is 19.3. The van der Waals surface area contributed by atoms with Gasteiger partial charge in [-0.2, -0.15) is 4.39 Å². The molecule has 0 aliphatic carbocycles. The number of halogens is 1. The van der Waals surface area contributed by atoms with Gasteiger partial charge in [0.25, 0.3) is 0 Å². The van der Waals surface area contributed by atoms with Crippen LogP contribution in [0.15, 0.2) is 66.7 Å². The summed E-state index contributed by atoms with van der Waals surface area (Å²) in [5.41, 5.74) is 0.346. The van der Waals surface area contributed by atoms with Crippen molar-refractivity contribution in [1.29, 1.82) is 0 Å². The van der Waals surface area contributed by atoms with Crippen molar-refractivity contribution >= 4 is 23.6 Å². The number of nitrogens with one attached hydrogen (secondary N) is 1. The van der Waals surface area contributed by atoms with Gasteiger partial charge in [-0.1, -0.05) is 42.5 Å². The summed E-state index contributed by atoms with van der Waals surface area (Å²) in [5, 5.41) is 14.2. The second-order valence-corrected chi connectivity index (χ2v) is 8.11. The molecular formula is C25H23FN4O6. The lowest BCUT2D eigenvalue weighted by molar-refractivity contribution is -0.387. The van der Waals surface area contributed by atoms with Crippen LogP contribution in [-0.4, -0.2) is 52.6 Å². The summed E-state index contributed by atoms with van der Waals surface area (Å²) in [6.07, 6.45) is -0.414. The number of amides is 1. The van der Waals surface area contributed by atoms with Crippen LogP contribution in [0.5, 0.6) is 0 Å². The summed E-state index contributed by atoms with van der Waals surface area (Å²) in [5.74, 6) is -1.20. The number of nitrogens with zero attached hydrogens (tertiary/aromatic N) is 3. The zero-order chi connectivity index (χ0) is 25.7. The summed E-state index contributed by atoms with van der Waals surface area (Å²) >= 11 is 0. The van der Waals surface area contributed by atoms with E-state index in [9.17, 15) is 24.1 Å². The van der Waals surface area contributed by atoms with Crippen LogP contribution in [-0.2, 0) is 20.9 Å². The van der Waals surface area contributed by atoms with Gasteiger partial charge in [-0.25, -0.2) is 14.6 Å². The molecule has 1 N–H and O–H groups in total. The lowest BCUT2D eigenvalue weighted by Gasteiger charge is -2.21. The van der Waals surface area contributed by atoms with Crippen LogP contribution in [0.3, 0.4) is 0 Å². The van der Waals surface area contributed by atoms with Crippen molar-refractivity contribution in [3.63, 3.8) is 0 Å². The topological polar surface area (TPSA) is 124 Å². The van der Waals surface area contributed by atoms with Gasteiger partial charge in [-0.15, -0.1) is 0 Å². The summed E-state index contributed by atoms with van der Waals surface area (Å²) in [4.78, 5) is 41.1. The highest BCUT2D eigenvalue weighted by atomic mass is 19.1. The van der Waals surface area contributed by atoms with Gasteiger partial charge in [0.15, 0.2) is 0 Å². The van der Waals surface area contributed by atoms with E-state index in [1.54, 1.807) is 12.1 Å². The Kier molecular flexibility index (Phi) is 7.38. The molecule has 0 bridgehead atoms. The molecule has 1 saturated heterocycles. The smallest absolute Gasteiger partial charge is 0.410 e. The molecule has 0 spiro atoms. The van der Waals surface area contributed by atoms with Crippen molar-refractivity contribution in [3.8, 4) is 11.3 Å². The van der Waals surface area contributed by atoms with Crippen molar-refractivity contribution in [2.75, 3.05) is 19.0 Å². The molecule has 0 radical (unpaired) electrons. The first-order valence-electron chi connectivity index (χ1n) is 11.1. The fourth-order valence-corrected chi connectivity index (χ4v) is 4.04. The third kappa shape index (κ3) is 5.40. The maximum absolute atomic E-state index is 14.6. The fourth-order valence-electron chi connectivity index (χ4n) is 4.04. The third-order valence-electron chi connectivity index (χ3n) is 5.77. The van der Waals surface area contributed by atoms with E-state index in [0.717, 1.165) is 11.6 Å². The highest BCUT2D eigenvalue weighted by Gasteiger charge is 2.41. The molecule has 11 heteroatoms. The number of carbonyl (C=O) groups excluding carboxylic acids is 2. The van der Waals surface area contributed by atoms with Gasteiger partial charge in [0.1, 0.15) is 18.5 Å². The van der Waals surface area contributed by atoms with E-state index < -0.39 is 34.5 Å². The van der Waals surface area contributed by atoms with E-state index >= 15 is 0 Å². The van der Waals surface area contributed by atoms with Crippen molar-refractivity contribution in [3.05, 3.63) is 88.2 Å². The fraction of sp³-hybridized carbons (Fsp3) is 0.240. The standard InChI is InChI=1S/C25H23FN4O6/c1-35-24(31)21-13-17(14-29(21)25(32)36-15-16-7-3-2-4-8-16)27-22-12-6-10-19(28-22)18-9-5-11-20(23(18)26)30(33)34/h2-12,17,21H,13-15H2,1H3,(H,27,28)/t17-,21-/m0/s1. The van der Waals surface area contributed by atoms with Crippen LogP contribution in [0.2, 0.25) is 0 Å². The summed E-state index contributed by atoms with van der Waals surface area (Å²) in [6, 6.07) is 16.6. The number of anilines is 1. The molecule has 36 heavy (non-hydrogen) atoms. The molecule has 1 amide bonds. The van der Waals surface area contributed by atoms with Crippen molar-refractivity contribution in [2.45, 2.75) is 25.1 Å². The summed E-state index contributed by atoms with van der Waals surface area (Å²) in [7, 11) is 1.25. The summed E-state index contributed by atoms with van der Waals surface area (Å²) in [6.45, 7) is 0.199. The number of nitro groups is 1. The SMILES string of the molecule is COC(=O)[C@@H]1C[C@H](Nc2cccc(-c3cccc([N+](=O)[O-])c3F)n2)CN1C(=O)OCc1ccccc1. The Morgan fingerprint density at radius 3 is 2.61 bits per heavy atom. The van der Waals surface area contributed by atoms with E-state index in [4.69, 9.17) is 9.47 Å². The first-order valence-corrected chi connectivity index (χ1v) is 11.1. The number of esters is 1. The highest BCUT2D eigenvalue weighted by Crippen LogP contribution is 2.29. The number of nitro benzene ring substituents is 1. The lowest BCUT2D eigenvalue weighted by Crippen LogP contribution is -2.41. The minimum Gasteiger partial charge on any atom is -0.467 e. The van der Waals surface area contributed by atoms with Crippen LogP contribution in [0.25, 0.3) is 11.3 Å². The molecule has 2 aromatic carbocycles. The van der Waals surface area contributed by atoms with E-state index in [1.165, 1.54) is 30.2 Å². The van der Waals surface area contributed by atoms with Gasteiger partial charge >= 0.3 is 17.7 Å². The third-order valence-corrected chi connectivity index (χ3v) is 5.77. The first-order chi connectivity index (χ1) is 17.4. The number of benzene rings is 2. The number of hydrogen-bond acceptors (Lipinski definition) is 8. The maximum Gasteiger partial charge on any atom is 0.410 e. The van der Waals surface area contributed by atoms with E-state index in [0.29, 0.717) is 5.82 Å². The normalized spacial score (nSPS) is 16.9. The minimum atomic E-state index is -0.980. The van der Waals surface area contributed by atoms with Gasteiger partial charge in [0.05, 0.1) is 17.7 Å². The number of rotatable bonds is 7. The monoisotopic (exact) mass is 494 g/mol. The Morgan fingerprint density at radius 2 is 1.89 bits per heavy atom.